The molecular formula is C43H120O2. The Kier molecular flexibility index (Phi) is 116. The van der Waals surface area contributed by atoms with Crippen LogP contribution in [0.1, 0.15) is 228 Å². The average molecular weight is 669 g/mol. The summed E-state index contributed by atoms with van der Waals surface area (Å²) >= 11 is 0. The molecule has 0 saturated heterocycles. The van der Waals surface area contributed by atoms with Crippen LogP contribution in [0.25, 0.3) is 0 Å². The lowest BCUT2D eigenvalue weighted by Gasteiger charge is -2.58. The van der Waals surface area contributed by atoms with Crippen LogP contribution < -0.4 is 0 Å². The highest BCUT2D eigenvalue weighted by molar-refractivity contribution is 5.25. The summed E-state index contributed by atoms with van der Waals surface area (Å²) in [5.41, 5.74) is 2.42. The number of rotatable bonds is 2. The zero-order valence-corrected chi connectivity index (χ0v) is 15.8. The van der Waals surface area contributed by atoms with Crippen molar-refractivity contribution in [1.82, 2.24) is 0 Å². The summed E-state index contributed by atoms with van der Waals surface area (Å²) in [6.07, 6.45) is 12.5. The maximum absolute atomic E-state index is 10.3. The lowest BCUT2D eigenvalue weighted by Crippen LogP contribution is -2.51. The van der Waals surface area contributed by atoms with Crippen LogP contribution >= 0.6 is 0 Å². The summed E-state index contributed by atoms with van der Waals surface area (Å²) in [5, 5.41) is 19.9. The minimum absolute atomic E-state index is 0. The molecule has 2 heteroatoms. The molecule has 3 fully saturated rings. The molecule has 4 aliphatic rings. The zero-order valence-electron chi connectivity index (χ0n) is 15.8. The lowest BCUT2D eigenvalue weighted by molar-refractivity contribution is -0.0650. The van der Waals surface area contributed by atoms with Crippen LogP contribution in [0, 0.1) is 40.4 Å². The number of aliphatic hydroxyl groups excluding tert-OH is 2. The molecule has 0 aromatic rings. The van der Waals surface area contributed by atoms with Gasteiger partial charge in [0.15, 0.2) is 0 Å². The number of aliphatic hydroxyl groups is 2. The molecule has 0 aromatic carbocycles. The molecule has 0 bridgehead atoms. The maximum atomic E-state index is 10.3. The Bertz CT molecular complexity index is 526. The van der Waals surface area contributed by atoms with Crippen molar-refractivity contribution >= 4 is 0 Å². The van der Waals surface area contributed by atoms with E-state index in [1.807, 2.05) is 6.92 Å². The molecule has 3 unspecified atom stereocenters. The van der Waals surface area contributed by atoms with Crippen molar-refractivity contribution in [2.45, 2.75) is 234 Å². The molecule has 8 atom stereocenters. The molecule has 0 radical (unpaired) electrons. The Labute approximate surface area is 302 Å². The maximum Gasteiger partial charge on any atom is 0.0545 e. The standard InChI is InChI=1S/C22H36O2.21CH4/c1-14(24)18-6-7-19-17-5-4-16-12-15(13-23)8-10-21(16,2)20(17)9-11-22(18,19)3;;;;;;;;;;;;;;;;;;;;;/h4,14-15,17-20,23-24H,5-13H2,1-3H3;21*1H4/t14-,15+,17?,18-,19?,20?,21+,22-;;;;;;;;;;;;;;;;;;;;;/m1...................../s1. The van der Waals surface area contributed by atoms with Crippen LogP contribution in [-0.2, 0) is 0 Å². The van der Waals surface area contributed by atoms with Gasteiger partial charge in [0, 0.05) is 6.61 Å². The number of hydrogen-bond acceptors (Lipinski definition) is 2. The van der Waals surface area contributed by atoms with Crippen molar-refractivity contribution in [2.75, 3.05) is 6.61 Å². The Morgan fingerprint density at radius 3 is 1.42 bits per heavy atom. The van der Waals surface area contributed by atoms with Gasteiger partial charge in [-0.15, -0.1) is 0 Å². The van der Waals surface area contributed by atoms with Gasteiger partial charge in [0.2, 0.25) is 0 Å². The van der Waals surface area contributed by atoms with Crippen molar-refractivity contribution in [3.05, 3.63) is 11.6 Å². The first-order chi connectivity index (χ1) is 11.4. The van der Waals surface area contributed by atoms with E-state index in [0.29, 0.717) is 29.3 Å². The van der Waals surface area contributed by atoms with Crippen LogP contribution in [-0.4, -0.2) is 22.9 Å². The van der Waals surface area contributed by atoms with Gasteiger partial charge in [0.1, 0.15) is 0 Å². The second kappa shape index (κ2) is 43.7. The molecular weight excluding hydrogens is 548 g/mol. The van der Waals surface area contributed by atoms with Gasteiger partial charge in [-0.1, -0.05) is 181 Å². The lowest BCUT2D eigenvalue weighted by atomic mass is 9.47. The van der Waals surface area contributed by atoms with Gasteiger partial charge >= 0.3 is 0 Å². The Morgan fingerprint density at radius 1 is 0.622 bits per heavy atom. The quantitative estimate of drug-likeness (QED) is 0.287. The van der Waals surface area contributed by atoms with Gasteiger partial charge in [0.25, 0.3) is 0 Å². The fraction of sp³-hybridized carbons (Fsp3) is 0.953. The Morgan fingerprint density at radius 2 is 1.04 bits per heavy atom. The van der Waals surface area contributed by atoms with Crippen molar-refractivity contribution in [3.8, 4) is 0 Å². The molecule has 0 aliphatic heterocycles. The van der Waals surface area contributed by atoms with Gasteiger partial charge in [-0.2, -0.15) is 0 Å². The van der Waals surface area contributed by atoms with E-state index >= 15 is 0 Å². The van der Waals surface area contributed by atoms with E-state index in [0.717, 1.165) is 24.2 Å². The van der Waals surface area contributed by atoms with Gasteiger partial charge in [-0.05, 0) is 98.7 Å². The Hall–Kier alpha value is -0.340. The molecule has 0 aromatic heterocycles. The molecule has 45 heavy (non-hydrogen) atoms. The monoisotopic (exact) mass is 669 g/mol. The first-order valence-electron chi connectivity index (χ1n) is 10.4. The number of hydrogen-bond donors (Lipinski definition) is 2. The van der Waals surface area contributed by atoms with E-state index in [9.17, 15) is 10.2 Å². The minimum atomic E-state index is -0.151. The van der Waals surface area contributed by atoms with Crippen LogP contribution in [0.4, 0.5) is 0 Å². The van der Waals surface area contributed by atoms with E-state index in [1.165, 1.54) is 44.9 Å². The van der Waals surface area contributed by atoms with Crippen molar-refractivity contribution in [2.24, 2.45) is 40.4 Å². The van der Waals surface area contributed by atoms with Crippen molar-refractivity contribution in [3.63, 3.8) is 0 Å². The highest BCUT2D eigenvalue weighted by atomic mass is 16.3. The average Bonchev–Trinajstić information content (AvgIpc) is 2.91. The fourth-order valence-corrected chi connectivity index (χ4v) is 7.73. The molecule has 0 heterocycles. The SMILES string of the molecule is C.C.C.C.C.C.C.C.C.C.C.C.C.C.C.C.C.C.C.C.C.C[C@@H](O)[C@H]1CCC2C3CC=C4C[C@@H](CO)CC[C@]4(C)C3CC[C@@]21C. The second-order valence-corrected chi connectivity index (χ2v) is 10.0. The fourth-order valence-electron chi connectivity index (χ4n) is 7.73. The topological polar surface area (TPSA) is 40.5 Å². The smallest absolute Gasteiger partial charge is 0.0545 e. The van der Waals surface area contributed by atoms with E-state index in [-0.39, 0.29) is 162 Å². The van der Waals surface area contributed by atoms with Gasteiger partial charge < -0.3 is 10.2 Å². The van der Waals surface area contributed by atoms with Crippen LogP contribution in [0.2, 0.25) is 0 Å². The third-order valence-electron chi connectivity index (χ3n) is 9.12. The molecule has 4 rings (SSSR count). The highest BCUT2D eigenvalue weighted by Crippen LogP contribution is 2.66. The predicted molar refractivity (Wildman–Crippen MR) is 239 cm³/mol. The van der Waals surface area contributed by atoms with Gasteiger partial charge in [0.05, 0.1) is 6.10 Å². The summed E-state index contributed by atoms with van der Waals surface area (Å²) in [5.74, 6) is 3.48. The summed E-state index contributed by atoms with van der Waals surface area (Å²) in [6, 6.07) is 0. The van der Waals surface area contributed by atoms with Crippen LogP contribution in [0.15, 0.2) is 11.6 Å². The molecule has 2 N–H and O–H groups in total. The van der Waals surface area contributed by atoms with E-state index in [4.69, 9.17) is 0 Å². The van der Waals surface area contributed by atoms with E-state index < -0.39 is 0 Å². The zero-order chi connectivity index (χ0) is 17.1. The molecule has 2 nitrogen and oxygen atoms in total. The van der Waals surface area contributed by atoms with Gasteiger partial charge in [-0.25, -0.2) is 0 Å². The van der Waals surface area contributed by atoms with E-state index in [1.54, 1.807) is 5.57 Å². The second-order valence-electron chi connectivity index (χ2n) is 10.0. The Balaban J connectivity index is -0.0000000217. The minimum Gasteiger partial charge on any atom is -0.396 e. The third kappa shape index (κ3) is 18.7. The molecule has 4 aliphatic carbocycles. The summed E-state index contributed by atoms with van der Waals surface area (Å²) in [7, 11) is 0. The summed E-state index contributed by atoms with van der Waals surface area (Å²) < 4.78 is 0. The number of fused-ring (bicyclic) bond motifs is 5. The summed E-state index contributed by atoms with van der Waals surface area (Å²) in [6.45, 7) is 7.40. The molecule has 304 valence electrons. The van der Waals surface area contributed by atoms with Gasteiger partial charge in [-0.3, -0.25) is 0 Å². The summed E-state index contributed by atoms with van der Waals surface area (Å²) in [4.78, 5) is 0. The molecule has 3 saturated carbocycles. The largest absolute Gasteiger partial charge is 0.396 e. The first-order valence-corrected chi connectivity index (χ1v) is 10.4. The number of allylic oxidation sites excluding steroid dienone is 2. The van der Waals surface area contributed by atoms with E-state index in [2.05, 4.69) is 19.9 Å². The first kappa shape index (κ1) is 120. The van der Waals surface area contributed by atoms with Crippen molar-refractivity contribution < 1.29 is 10.2 Å². The van der Waals surface area contributed by atoms with Crippen molar-refractivity contribution in [1.29, 1.82) is 0 Å². The normalized spacial score (nSPS) is 27.8. The third-order valence-corrected chi connectivity index (χ3v) is 9.12. The molecule has 0 amide bonds. The van der Waals surface area contributed by atoms with Crippen LogP contribution in [0.5, 0.6) is 0 Å². The van der Waals surface area contributed by atoms with Crippen LogP contribution in [0.3, 0.4) is 0 Å². The highest BCUT2D eigenvalue weighted by Gasteiger charge is 2.59. The molecule has 0 spiro atoms. The predicted octanol–water partition coefficient (Wildman–Crippen LogP) is 17.9.